The molecule has 0 saturated carbocycles. The summed E-state index contributed by atoms with van der Waals surface area (Å²) in [5, 5.41) is 11.9. The molecular weight excluding hydrogens is 266 g/mol. The largest absolute Gasteiger partial charge is 0.494 e. The van der Waals surface area contributed by atoms with E-state index in [0.717, 1.165) is 17.0 Å². The van der Waals surface area contributed by atoms with E-state index in [4.69, 9.17) is 10.5 Å². The lowest BCUT2D eigenvalue weighted by Gasteiger charge is -2.08. The molecule has 3 rings (SSSR count). The number of anilines is 1. The molecule has 3 aromatic rings. The van der Waals surface area contributed by atoms with E-state index in [1.165, 1.54) is 0 Å². The van der Waals surface area contributed by atoms with E-state index >= 15 is 0 Å². The first-order valence-electron chi connectivity index (χ1n) is 6.65. The Bertz CT molecular complexity index is 753. The molecule has 0 aliphatic heterocycles. The number of hydrogen-bond acceptors (Lipinski definition) is 5. The Balaban J connectivity index is 2.05. The van der Waals surface area contributed by atoms with Gasteiger partial charge in [-0.15, -0.1) is 5.10 Å². The average molecular weight is 281 g/mol. The van der Waals surface area contributed by atoms with Crippen LogP contribution in [-0.2, 0) is 0 Å². The molecule has 0 unspecified atom stereocenters. The predicted molar refractivity (Wildman–Crippen MR) is 80.2 cm³/mol. The van der Waals surface area contributed by atoms with E-state index in [2.05, 4.69) is 15.5 Å². The molecule has 2 N–H and O–H groups in total. The Morgan fingerprint density at radius 2 is 2.00 bits per heavy atom. The third-order valence-corrected chi connectivity index (χ3v) is 2.99. The van der Waals surface area contributed by atoms with Gasteiger partial charge < -0.3 is 10.5 Å². The fourth-order valence-electron chi connectivity index (χ4n) is 2.09. The van der Waals surface area contributed by atoms with Crippen molar-refractivity contribution in [3.05, 3.63) is 48.5 Å². The smallest absolute Gasteiger partial charge is 0.187 e. The van der Waals surface area contributed by atoms with Gasteiger partial charge in [0.25, 0.3) is 0 Å². The second kappa shape index (κ2) is 5.62. The highest BCUT2D eigenvalue weighted by Gasteiger charge is 2.11. The summed E-state index contributed by atoms with van der Waals surface area (Å²) in [6.45, 7) is 2.56. The topological polar surface area (TPSA) is 78.8 Å². The van der Waals surface area contributed by atoms with Crippen molar-refractivity contribution in [3.8, 4) is 22.8 Å². The minimum atomic E-state index is 0.612. The third kappa shape index (κ3) is 2.69. The van der Waals surface area contributed by atoms with E-state index in [9.17, 15) is 0 Å². The molecule has 0 spiro atoms. The zero-order valence-corrected chi connectivity index (χ0v) is 11.6. The first-order valence-corrected chi connectivity index (χ1v) is 6.65. The molecule has 1 heterocycles. The second-order valence-corrected chi connectivity index (χ2v) is 4.47. The maximum Gasteiger partial charge on any atom is 0.187 e. The molecule has 0 aliphatic rings. The quantitative estimate of drug-likeness (QED) is 0.742. The van der Waals surface area contributed by atoms with E-state index in [0.29, 0.717) is 18.1 Å². The number of ether oxygens (including phenoxy) is 1. The van der Waals surface area contributed by atoms with Gasteiger partial charge in [0.05, 0.1) is 12.3 Å². The van der Waals surface area contributed by atoms with Gasteiger partial charge >= 0.3 is 0 Å². The fourth-order valence-corrected chi connectivity index (χ4v) is 2.09. The summed E-state index contributed by atoms with van der Waals surface area (Å²) in [6.07, 6.45) is 0. The van der Waals surface area contributed by atoms with Crippen LogP contribution in [0.4, 0.5) is 5.69 Å². The number of hydrogen-bond donors (Lipinski definition) is 1. The van der Waals surface area contributed by atoms with Crippen molar-refractivity contribution < 1.29 is 4.74 Å². The molecule has 0 fully saturated rings. The first-order chi connectivity index (χ1) is 10.3. The van der Waals surface area contributed by atoms with Crippen molar-refractivity contribution >= 4 is 5.69 Å². The van der Waals surface area contributed by atoms with Crippen molar-refractivity contribution in [2.45, 2.75) is 6.92 Å². The van der Waals surface area contributed by atoms with Crippen molar-refractivity contribution in [2.24, 2.45) is 0 Å². The average Bonchev–Trinajstić information content (AvgIpc) is 2.97. The summed E-state index contributed by atoms with van der Waals surface area (Å²) in [4.78, 5) is 0. The molecule has 0 bridgehead atoms. The first kappa shape index (κ1) is 13.1. The highest BCUT2D eigenvalue weighted by molar-refractivity contribution is 5.62. The number of tetrazole rings is 1. The number of nitrogens with zero attached hydrogens (tertiary/aromatic N) is 4. The molecule has 6 nitrogen and oxygen atoms in total. The van der Waals surface area contributed by atoms with Crippen LogP contribution in [0.15, 0.2) is 48.5 Å². The Labute approximate surface area is 122 Å². The molecule has 2 aromatic carbocycles. The van der Waals surface area contributed by atoms with E-state index in [1.54, 1.807) is 4.68 Å². The highest BCUT2D eigenvalue weighted by Crippen LogP contribution is 2.23. The maximum atomic E-state index is 5.82. The SMILES string of the molecule is CCOc1cccc(-n2nnnc2-c2cccc(N)c2)c1. The van der Waals surface area contributed by atoms with Gasteiger partial charge in [0.15, 0.2) is 5.82 Å². The van der Waals surface area contributed by atoms with Gasteiger partial charge in [-0.05, 0) is 41.6 Å². The Kier molecular flexibility index (Phi) is 3.51. The zero-order valence-electron chi connectivity index (χ0n) is 11.6. The summed E-state index contributed by atoms with van der Waals surface area (Å²) in [5.41, 5.74) is 8.19. The highest BCUT2D eigenvalue weighted by atomic mass is 16.5. The minimum Gasteiger partial charge on any atom is -0.494 e. The maximum absolute atomic E-state index is 5.82. The van der Waals surface area contributed by atoms with Crippen LogP contribution in [0.1, 0.15) is 6.92 Å². The van der Waals surface area contributed by atoms with Crippen molar-refractivity contribution in [1.82, 2.24) is 20.2 Å². The van der Waals surface area contributed by atoms with Crippen molar-refractivity contribution in [1.29, 1.82) is 0 Å². The zero-order chi connectivity index (χ0) is 14.7. The number of rotatable bonds is 4. The van der Waals surface area contributed by atoms with E-state index in [-0.39, 0.29) is 0 Å². The molecule has 6 heteroatoms. The van der Waals surface area contributed by atoms with Gasteiger partial charge in [0.2, 0.25) is 0 Å². The fraction of sp³-hybridized carbons (Fsp3) is 0.133. The summed E-state index contributed by atoms with van der Waals surface area (Å²) < 4.78 is 7.17. The normalized spacial score (nSPS) is 10.5. The van der Waals surface area contributed by atoms with Crippen LogP contribution in [0.25, 0.3) is 17.1 Å². The molecule has 0 amide bonds. The molecule has 106 valence electrons. The lowest BCUT2D eigenvalue weighted by Crippen LogP contribution is -2.01. The van der Waals surface area contributed by atoms with Crippen LogP contribution in [0.3, 0.4) is 0 Å². The number of nitrogens with two attached hydrogens (primary N) is 1. The number of aromatic nitrogens is 4. The second-order valence-electron chi connectivity index (χ2n) is 4.47. The lowest BCUT2D eigenvalue weighted by molar-refractivity contribution is 0.340. The van der Waals surface area contributed by atoms with Gasteiger partial charge in [0.1, 0.15) is 5.75 Å². The number of nitrogen functional groups attached to an aromatic ring is 1. The Morgan fingerprint density at radius 3 is 2.81 bits per heavy atom. The standard InChI is InChI=1S/C15H15N5O/c1-2-21-14-8-4-7-13(10-14)20-15(17-18-19-20)11-5-3-6-12(16)9-11/h3-10H,2,16H2,1H3. The van der Waals surface area contributed by atoms with Crippen molar-refractivity contribution in [3.63, 3.8) is 0 Å². The minimum absolute atomic E-state index is 0.612. The summed E-state index contributed by atoms with van der Waals surface area (Å²) in [6, 6.07) is 15.1. The Hall–Kier alpha value is -2.89. The van der Waals surface area contributed by atoms with Crippen LogP contribution < -0.4 is 10.5 Å². The molecule has 0 aliphatic carbocycles. The van der Waals surface area contributed by atoms with E-state index in [1.807, 2.05) is 55.5 Å². The number of benzene rings is 2. The van der Waals surface area contributed by atoms with Gasteiger partial charge in [-0.3, -0.25) is 0 Å². The molecule has 21 heavy (non-hydrogen) atoms. The summed E-state index contributed by atoms with van der Waals surface area (Å²) in [5.74, 6) is 1.42. The molecule has 0 atom stereocenters. The van der Waals surface area contributed by atoms with Gasteiger partial charge in [-0.2, -0.15) is 4.68 Å². The van der Waals surface area contributed by atoms with Crippen LogP contribution in [-0.4, -0.2) is 26.8 Å². The molecule has 1 aromatic heterocycles. The van der Waals surface area contributed by atoms with E-state index < -0.39 is 0 Å². The molecular formula is C15H15N5O. The van der Waals surface area contributed by atoms with Crippen LogP contribution in [0, 0.1) is 0 Å². The van der Waals surface area contributed by atoms with Crippen molar-refractivity contribution in [2.75, 3.05) is 12.3 Å². The monoisotopic (exact) mass is 281 g/mol. The van der Waals surface area contributed by atoms with Gasteiger partial charge in [0, 0.05) is 17.3 Å². The summed E-state index contributed by atoms with van der Waals surface area (Å²) in [7, 11) is 0. The van der Waals surface area contributed by atoms with Crippen LogP contribution in [0.2, 0.25) is 0 Å². The van der Waals surface area contributed by atoms with Gasteiger partial charge in [-0.1, -0.05) is 18.2 Å². The van der Waals surface area contributed by atoms with Crippen LogP contribution >= 0.6 is 0 Å². The third-order valence-electron chi connectivity index (χ3n) is 2.99. The molecule has 0 saturated heterocycles. The predicted octanol–water partition coefficient (Wildman–Crippen LogP) is 2.31. The molecule has 0 radical (unpaired) electrons. The Morgan fingerprint density at radius 1 is 1.14 bits per heavy atom. The summed E-state index contributed by atoms with van der Waals surface area (Å²) >= 11 is 0. The van der Waals surface area contributed by atoms with Crippen LogP contribution in [0.5, 0.6) is 5.75 Å². The lowest BCUT2D eigenvalue weighted by atomic mass is 10.2. The van der Waals surface area contributed by atoms with Gasteiger partial charge in [-0.25, -0.2) is 0 Å².